The van der Waals surface area contributed by atoms with Crippen LogP contribution in [0.2, 0.25) is 5.28 Å². The maximum atomic E-state index is 12.9. The van der Waals surface area contributed by atoms with E-state index in [1.165, 1.54) is 9.13 Å². The largest absolute Gasteiger partial charge is 0.351 e. The first-order valence-electron chi connectivity index (χ1n) is 10.7. The Balaban J connectivity index is 1.44. The number of aromatic nitrogens is 7. The van der Waals surface area contributed by atoms with E-state index in [-0.39, 0.29) is 28.9 Å². The van der Waals surface area contributed by atoms with Crippen molar-refractivity contribution in [2.75, 3.05) is 0 Å². The van der Waals surface area contributed by atoms with Crippen LogP contribution in [0.3, 0.4) is 0 Å². The molecule has 0 spiro atoms. The van der Waals surface area contributed by atoms with Gasteiger partial charge in [0.05, 0.1) is 5.69 Å². The number of nitrogens with one attached hydrogen (secondary N) is 1. The number of fused-ring (bicyclic) bond motifs is 1. The number of rotatable bonds is 10. The molecule has 170 valence electrons. The summed E-state index contributed by atoms with van der Waals surface area (Å²) in [6, 6.07) is 1.77. The van der Waals surface area contributed by atoms with Crippen molar-refractivity contribution < 1.29 is 9.05 Å². The lowest BCUT2D eigenvalue weighted by Crippen LogP contribution is -2.40. The first kappa shape index (κ1) is 22.0. The Bertz CT molecular complexity index is 1330. The number of hydrogen-bond donors (Lipinski definition) is 1. The first-order chi connectivity index (χ1) is 15.5. The van der Waals surface area contributed by atoms with Gasteiger partial charge in [0, 0.05) is 25.6 Å². The molecule has 0 aliphatic carbocycles. The predicted molar refractivity (Wildman–Crippen MR) is 117 cm³/mol. The Hall–Kier alpha value is -3.21. The molecule has 4 rings (SSSR count). The van der Waals surface area contributed by atoms with Gasteiger partial charge in [0.2, 0.25) is 11.0 Å². The fourth-order valence-corrected chi connectivity index (χ4v) is 3.62. The first-order valence-corrected chi connectivity index (χ1v) is 11.1. The quantitative estimate of drug-likeness (QED) is 0.281. The number of aryl methyl sites for hydroxylation is 3. The monoisotopic (exact) mass is 461 g/mol. The summed E-state index contributed by atoms with van der Waals surface area (Å²) in [5.41, 5.74) is 0.555. The number of halogens is 1. The Morgan fingerprint density at radius 2 is 1.84 bits per heavy atom. The Kier molecular flexibility index (Phi) is 6.54. The molecule has 0 radical (unpaired) electrons. The van der Waals surface area contributed by atoms with Crippen molar-refractivity contribution in [3.63, 3.8) is 0 Å². The van der Waals surface area contributed by atoms with Crippen molar-refractivity contribution >= 4 is 22.8 Å². The minimum atomic E-state index is -0.420. The minimum Gasteiger partial charge on any atom is -0.351 e. The number of nitrogens with zero attached hydrogens (tertiary/aromatic N) is 6. The molecule has 4 aromatic rings. The molecule has 32 heavy (non-hydrogen) atoms. The summed E-state index contributed by atoms with van der Waals surface area (Å²) in [4.78, 5) is 37.0. The molecule has 0 aliphatic heterocycles. The Labute approximate surface area is 187 Å². The molecule has 11 nitrogen and oxygen atoms in total. The molecule has 0 saturated carbocycles. The number of aromatic amines is 1. The van der Waals surface area contributed by atoms with Crippen molar-refractivity contribution in [1.29, 1.82) is 0 Å². The van der Waals surface area contributed by atoms with Crippen LogP contribution in [0.1, 0.15) is 51.0 Å². The molecule has 12 heteroatoms. The smallest absolute Gasteiger partial charge is 0.332 e. The molecule has 0 saturated heterocycles. The molecule has 0 fully saturated rings. The number of H-pyrrole nitrogens is 1. The minimum absolute atomic E-state index is 0.0882. The van der Waals surface area contributed by atoms with Crippen LogP contribution in [0.5, 0.6) is 0 Å². The van der Waals surface area contributed by atoms with Crippen LogP contribution in [0.15, 0.2) is 24.7 Å². The van der Waals surface area contributed by atoms with Crippen molar-refractivity contribution in [2.45, 2.75) is 65.5 Å². The average Bonchev–Trinajstić information content (AvgIpc) is 3.52. The van der Waals surface area contributed by atoms with Gasteiger partial charge in [-0.25, -0.2) is 4.79 Å². The maximum Gasteiger partial charge on any atom is 0.332 e. The third-order valence-corrected chi connectivity index (χ3v) is 5.38. The topological polar surface area (TPSA) is 138 Å². The SMILES string of the molecule is CCCCn1c(=O)n(CCCCc2noc(-c3cc(CC)no3)n2)c(=O)c2[nH]c(Cl)nc21. The summed E-state index contributed by atoms with van der Waals surface area (Å²) in [6.07, 6.45) is 4.24. The average molecular weight is 462 g/mol. The fraction of sp³-hybridized carbons (Fsp3) is 0.500. The van der Waals surface area contributed by atoms with Gasteiger partial charge in [-0.2, -0.15) is 9.97 Å². The van der Waals surface area contributed by atoms with E-state index in [4.69, 9.17) is 20.6 Å². The van der Waals surface area contributed by atoms with Crippen LogP contribution >= 0.6 is 11.6 Å². The van der Waals surface area contributed by atoms with Crippen molar-refractivity contribution in [1.82, 2.24) is 34.4 Å². The van der Waals surface area contributed by atoms with E-state index >= 15 is 0 Å². The van der Waals surface area contributed by atoms with Gasteiger partial charge in [-0.05, 0) is 37.3 Å². The second-order valence-electron chi connectivity index (χ2n) is 7.48. The van der Waals surface area contributed by atoms with Gasteiger partial charge in [0.1, 0.15) is 0 Å². The van der Waals surface area contributed by atoms with Crippen molar-refractivity contribution in [3.8, 4) is 11.7 Å². The lowest BCUT2D eigenvalue weighted by Gasteiger charge is -2.10. The zero-order valence-electron chi connectivity index (χ0n) is 17.9. The van der Waals surface area contributed by atoms with E-state index in [2.05, 4.69) is 25.3 Å². The van der Waals surface area contributed by atoms with Gasteiger partial charge < -0.3 is 14.0 Å². The van der Waals surface area contributed by atoms with Crippen LogP contribution in [0.4, 0.5) is 0 Å². The van der Waals surface area contributed by atoms with Crippen LogP contribution in [-0.4, -0.2) is 34.4 Å². The summed E-state index contributed by atoms with van der Waals surface area (Å²) in [7, 11) is 0. The highest BCUT2D eigenvalue weighted by atomic mass is 35.5. The van der Waals surface area contributed by atoms with E-state index < -0.39 is 5.56 Å². The molecule has 0 aromatic carbocycles. The molecule has 4 heterocycles. The molecule has 4 aromatic heterocycles. The summed E-state index contributed by atoms with van der Waals surface area (Å²) >= 11 is 5.95. The second-order valence-corrected chi connectivity index (χ2v) is 7.84. The van der Waals surface area contributed by atoms with Gasteiger partial charge in [0.25, 0.3) is 11.4 Å². The van der Waals surface area contributed by atoms with E-state index in [9.17, 15) is 9.59 Å². The Morgan fingerprint density at radius 3 is 2.59 bits per heavy atom. The molecular weight excluding hydrogens is 438 g/mol. The fourth-order valence-electron chi connectivity index (χ4n) is 3.44. The third-order valence-electron chi connectivity index (χ3n) is 5.20. The maximum absolute atomic E-state index is 12.9. The summed E-state index contributed by atoms with van der Waals surface area (Å²) in [5, 5.41) is 7.96. The standard InChI is InChI=1S/C20H24ClN7O4/c1-3-5-9-27-16-15(23-19(21)24-16)18(29)28(20(27)30)10-7-6-8-14-22-17(32-26-14)13-11-12(4-2)25-31-13/h11H,3-10H2,1-2H3,(H,23,24). The lowest BCUT2D eigenvalue weighted by molar-refractivity contribution is 0.378. The van der Waals surface area contributed by atoms with Crippen LogP contribution < -0.4 is 11.2 Å². The van der Waals surface area contributed by atoms with E-state index in [0.717, 1.165) is 25.0 Å². The number of unbranched alkanes of at least 4 members (excludes halogenated alkanes) is 2. The van der Waals surface area contributed by atoms with Crippen LogP contribution in [-0.2, 0) is 25.9 Å². The Morgan fingerprint density at radius 1 is 1.03 bits per heavy atom. The lowest BCUT2D eigenvalue weighted by atomic mass is 10.2. The van der Waals surface area contributed by atoms with Gasteiger partial charge in [0.15, 0.2) is 17.0 Å². The number of imidazole rings is 1. The summed E-state index contributed by atoms with van der Waals surface area (Å²) in [5.74, 6) is 1.24. The summed E-state index contributed by atoms with van der Waals surface area (Å²) < 4.78 is 13.2. The molecular formula is C20H24ClN7O4. The molecule has 0 bridgehead atoms. The van der Waals surface area contributed by atoms with Gasteiger partial charge in [-0.1, -0.05) is 30.6 Å². The highest BCUT2D eigenvalue weighted by Crippen LogP contribution is 2.19. The van der Waals surface area contributed by atoms with Gasteiger partial charge >= 0.3 is 5.69 Å². The third kappa shape index (κ3) is 4.38. The summed E-state index contributed by atoms with van der Waals surface area (Å²) in [6.45, 7) is 4.75. The van der Waals surface area contributed by atoms with E-state index in [1.54, 1.807) is 6.07 Å². The molecule has 0 aliphatic rings. The van der Waals surface area contributed by atoms with E-state index in [1.807, 2.05) is 13.8 Å². The highest BCUT2D eigenvalue weighted by molar-refractivity contribution is 6.28. The van der Waals surface area contributed by atoms with Crippen molar-refractivity contribution in [2.24, 2.45) is 0 Å². The molecule has 0 unspecified atom stereocenters. The zero-order valence-corrected chi connectivity index (χ0v) is 18.7. The van der Waals surface area contributed by atoms with Gasteiger partial charge in [-0.15, -0.1) is 0 Å². The van der Waals surface area contributed by atoms with E-state index in [0.29, 0.717) is 43.0 Å². The second kappa shape index (κ2) is 9.51. The molecule has 0 atom stereocenters. The predicted octanol–water partition coefficient (Wildman–Crippen LogP) is 2.96. The van der Waals surface area contributed by atoms with Crippen LogP contribution in [0.25, 0.3) is 22.8 Å². The normalized spacial score (nSPS) is 11.6. The van der Waals surface area contributed by atoms with Crippen molar-refractivity contribution in [3.05, 3.63) is 43.7 Å². The van der Waals surface area contributed by atoms with Gasteiger partial charge in [-0.3, -0.25) is 13.9 Å². The van der Waals surface area contributed by atoms with Crippen LogP contribution in [0, 0.1) is 0 Å². The zero-order chi connectivity index (χ0) is 22.7. The number of hydrogen-bond acceptors (Lipinski definition) is 8. The molecule has 0 amide bonds. The highest BCUT2D eigenvalue weighted by Gasteiger charge is 2.17. The molecule has 1 N–H and O–H groups in total.